The molecule has 1 aromatic rings. The number of carbonyl (C=O) groups is 2. The van der Waals surface area contributed by atoms with Crippen LogP contribution in [0.1, 0.15) is 62.7 Å². The van der Waals surface area contributed by atoms with Crippen LogP contribution in [0.2, 0.25) is 0 Å². The van der Waals surface area contributed by atoms with Crippen LogP contribution in [0, 0.1) is 0 Å². The molecule has 4 atom stereocenters. The van der Waals surface area contributed by atoms with Crippen molar-refractivity contribution >= 4 is 11.8 Å². The van der Waals surface area contributed by atoms with Crippen molar-refractivity contribution in [1.29, 1.82) is 0 Å². The van der Waals surface area contributed by atoms with Crippen LogP contribution in [0.4, 0.5) is 0 Å². The third kappa shape index (κ3) is 3.33. The van der Waals surface area contributed by atoms with Gasteiger partial charge in [0.05, 0.1) is 18.1 Å². The largest absolute Gasteiger partial charge is 0.349 e. The molecule has 0 saturated carbocycles. The Labute approximate surface area is 149 Å². The first-order valence-corrected chi connectivity index (χ1v) is 9.22. The van der Waals surface area contributed by atoms with Crippen LogP contribution < -0.4 is 11.1 Å². The van der Waals surface area contributed by atoms with Crippen molar-refractivity contribution in [1.82, 2.24) is 10.2 Å². The number of nitrogens with two attached hydrogens (primary N) is 1. The molecular formula is C20H27N3O2. The van der Waals surface area contributed by atoms with Crippen LogP contribution in [0.25, 0.3) is 0 Å². The van der Waals surface area contributed by atoms with Gasteiger partial charge in [0.15, 0.2) is 0 Å². The van der Waals surface area contributed by atoms with Gasteiger partial charge in [0.25, 0.3) is 0 Å². The summed E-state index contributed by atoms with van der Waals surface area (Å²) < 4.78 is 0. The molecule has 134 valence electrons. The third-order valence-electron chi connectivity index (χ3n) is 5.37. The summed E-state index contributed by atoms with van der Waals surface area (Å²) >= 11 is 0. The first-order valence-electron chi connectivity index (χ1n) is 9.22. The van der Waals surface area contributed by atoms with E-state index in [1.54, 1.807) is 12.2 Å². The molecule has 2 amide bonds. The monoisotopic (exact) mass is 341 g/mol. The van der Waals surface area contributed by atoms with Gasteiger partial charge in [0.2, 0.25) is 11.8 Å². The molecule has 5 heteroatoms. The highest BCUT2D eigenvalue weighted by Gasteiger charge is 2.45. The van der Waals surface area contributed by atoms with E-state index in [1.165, 1.54) is 11.1 Å². The molecule has 2 bridgehead atoms. The number of amides is 2. The molecule has 3 N–H and O–H groups in total. The van der Waals surface area contributed by atoms with Crippen LogP contribution >= 0.6 is 0 Å². The van der Waals surface area contributed by atoms with Crippen molar-refractivity contribution < 1.29 is 9.59 Å². The zero-order chi connectivity index (χ0) is 18.0. The highest BCUT2D eigenvalue weighted by Crippen LogP contribution is 2.52. The van der Waals surface area contributed by atoms with Crippen molar-refractivity contribution in [3.05, 3.63) is 47.5 Å². The van der Waals surface area contributed by atoms with Gasteiger partial charge in [0.1, 0.15) is 0 Å². The zero-order valence-electron chi connectivity index (χ0n) is 14.9. The van der Waals surface area contributed by atoms with E-state index in [-0.39, 0.29) is 29.9 Å². The van der Waals surface area contributed by atoms with Gasteiger partial charge in [-0.25, -0.2) is 0 Å². The van der Waals surface area contributed by atoms with E-state index in [0.717, 1.165) is 19.3 Å². The lowest BCUT2D eigenvalue weighted by atomic mass is 9.92. The van der Waals surface area contributed by atoms with Gasteiger partial charge >= 0.3 is 0 Å². The number of benzene rings is 1. The Balaban J connectivity index is 1.66. The Morgan fingerprint density at radius 1 is 1.20 bits per heavy atom. The van der Waals surface area contributed by atoms with Crippen molar-refractivity contribution in [3.8, 4) is 0 Å². The predicted molar refractivity (Wildman–Crippen MR) is 97.6 cm³/mol. The standard InChI is InChI=1S/C20H27N3O2/c1-3-13(22-20(25)16(21)4-2)9-12-19(24)23-17-10-11-18(23)15-8-6-5-7-14(15)17/h5-9,12-13,16-18H,3-4,10-11,21H2,1-2H3,(H,22,25)/b12-9+/t13-,16-,17-,18+/m0/s1. The molecule has 1 aromatic carbocycles. The Kier molecular flexibility index (Phi) is 5.23. The molecule has 0 unspecified atom stereocenters. The molecule has 1 saturated heterocycles. The van der Waals surface area contributed by atoms with Gasteiger partial charge in [0, 0.05) is 12.1 Å². The Bertz CT molecular complexity index is 654. The topological polar surface area (TPSA) is 75.4 Å². The van der Waals surface area contributed by atoms with Crippen molar-refractivity contribution in [3.63, 3.8) is 0 Å². The Morgan fingerprint density at radius 2 is 1.80 bits per heavy atom. The van der Waals surface area contributed by atoms with Crippen LogP contribution in [0.3, 0.4) is 0 Å². The van der Waals surface area contributed by atoms with Gasteiger partial charge in [-0.15, -0.1) is 0 Å². The number of rotatable bonds is 6. The highest BCUT2D eigenvalue weighted by atomic mass is 16.2. The van der Waals surface area contributed by atoms with Crippen molar-refractivity contribution in [2.24, 2.45) is 5.73 Å². The summed E-state index contributed by atoms with van der Waals surface area (Å²) in [6, 6.07) is 8.06. The first kappa shape index (κ1) is 17.7. The fourth-order valence-electron chi connectivity index (χ4n) is 3.89. The van der Waals surface area contributed by atoms with E-state index in [1.807, 2.05) is 30.9 Å². The van der Waals surface area contributed by atoms with Crippen LogP contribution in [0.5, 0.6) is 0 Å². The molecule has 0 radical (unpaired) electrons. The summed E-state index contributed by atoms with van der Waals surface area (Å²) in [7, 11) is 0. The first-order chi connectivity index (χ1) is 12.1. The number of nitrogens with zero attached hydrogens (tertiary/aromatic N) is 1. The van der Waals surface area contributed by atoms with Gasteiger partial charge < -0.3 is 16.0 Å². The second kappa shape index (κ2) is 7.40. The Hall–Kier alpha value is -2.14. The maximum Gasteiger partial charge on any atom is 0.247 e. The molecule has 0 aliphatic carbocycles. The maximum absolute atomic E-state index is 12.8. The third-order valence-corrected chi connectivity index (χ3v) is 5.37. The van der Waals surface area contributed by atoms with Gasteiger partial charge in [-0.2, -0.15) is 0 Å². The van der Waals surface area contributed by atoms with Gasteiger partial charge in [-0.05, 0) is 36.8 Å². The van der Waals surface area contributed by atoms with Gasteiger partial charge in [-0.1, -0.05) is 44.2 Å². The lowest BCUT2D eigenvalue weighted by Crippen LogP contribution is -2.44. The second-order valence-electron chi connectivity index (χ2n) is 6.88. The molecule has 2 aliphatic rings. The molecule has 0 spiro atoms. The molecule has 0 aromatic heterocycles. The summed E-state index contributed by atoms with van der Waals surface area (Å²) in [4.78, 5) is 26.7. The number of hydrogen-bond donors (Lipinski definition) is 2. The van der Waals surface area contributed by atoms with E-state index in [4.69, 9.17) is 5.73 Å². The Morgan fingerprint density at radius 3 is 2.32 bits per heavy atom. The predicted octanol–water partition coefficient (Wildman–Crippen LogP) is 2.59. The highest BCUT2D eigenvalue weighted by molar-refractivity contribution is 5.89. The number of fused-ring (bicyclic) bond motifs is 5. The fraction of sp³-hybridized carbons (Fsp3) is 0.500. The molecule has 3 rings (SSSR count). The van der Waals surface area contributed by atoms with Crippen LogP contribution in [-0.4, -0.2) is 28.8 Å². The molecule has 1 fully saturated rings. The SMILES string of the molecule is CC[C@@H](/C=C/C(=O)N1[C@@H]2CC[C@H]1c1ccccc12)NC(=O)[C@@H](N)CC. The van der Waals surface area contributed by atoms with E-state index < -0.39 is 6.04 Å². The summed E-state index contributed by atoms with van der Waals surface area (Å²) in [5.74, 6) is -0.142. The minimum atomic E-state index is -0.498. The second-order valence-corrected chi connectivity index (χ2v) is 6.88. The van der Waals surface area contributed by atoms with Crippen LogP contribution in [-0.2, 0) is 9.59 Å². The maximum atomic E-state index is 12.8. The fourth-order valence-corrected chi connectivity index (χ4v) is 3.89. The average Bonchev–Trinajstić information content (AvgIpc) is 3.21. The molecule has 25 heavy (non-hydrogen) atoms. The van der Waals surface area contributed by atoms with E-state index in [0.29, 0.717) is 6.42 Å². The smallest absolute Gasteiger partial charge is 0.247 e. The number of carbonyl (C=O) groups excluding carboxylic acids is 2. The van der Waals surface area contributed by atoms with E-state index in [2.05, 4.69) is 17.4 Å². The normalized spacial score (nSPS) is 23.6. The zero-order valence-corrected chi connectivity index (χ0v) is 14.9. The summed E-state index contributed by atoms with van der Waals surface area (Å²) in [5.41, 5.74) is 8.33. The average molecular weight is 341 g/mol. The van der Waals surface area contributed by atoms with Gasteiger partial charge in [-0.3, -0.25) is 9.59 Å². The lowest BCUT2D eigenvalue weighted by molar-refractivity contribution is -0.128. The van der Waals surface area contributed by atoms with E-state index >= 15 is 0 Å². The summed E-state index contributed by atoms with van der Waals surface area (Å²) in [6.07, 6.45) is 6.79. The number of nitrogens with one attached hydrogen (secondary N) is 1. The molecular weight excluding hydrogens is 314 g/mol. The number of hydrogen-bond acceptors (Lipinski definition) is 3. The van der Waals surface area contributed by atoms with Crippen molar-refractivity contribution in [2.75, 3.05) is 0 Å². The van der Waals surface area contributed by atoms with E-state index in [9.17, 15) is 9.59 Å². The minimum absolute atomic E-state index is 0.0242. The summed E-state index contributed by atoms with van der Waals surface area (Å²) in [6.45, 7) is 3.86. The molecule has 2 aliphatic heterocycles. The summed E-state index contributed by atoms with van der Waals surface area (Å²) in [5, 5.41) is 2.90. The van der Waals surface area contributed by atoms with Crippen LogP contribution in [0.15, 0.2) is 36.4 Å². The van der Waals surface area contributed by atoms with Crippen molar-refractivity contribution in [2.45, 2.75) is 63.7 Å². The lowest BCUT2D eigenvalue weighted by Gasteiger charge is -2.21. The molecule has 2 heterocycles. The quantitative estimate of drug-likeness (QED) is 0.781. The molecule has 5 nitrogen and oxygen atoms in total. The minimum Gasteiger partial charge on any atom is -0.349 e.